The van der Waals surface area contributed by atoms with Gasteiger partial charge < -0.3 is 58.3 Å². The maximum absolute atomic E-state index is 13.1. The molecule has 1 unspecified atom stereocenters. The molecule has 0 spiro atoms. The largest absolute Gasteiger partial charge is 0.481 e. The Bertz CT molecular complexity index is 1180. The number of rotatable bonds is 21. The fraction of sp³-hybridized carbons (Fsp3) is 0.667. The van der Waals surface area contributed by atoms with E-state index in [0.717, 1.165) is 0 Å². The average Bonchev–Trinajstić information content (AvgIpc) is 3.42. The number of β-amino-alcohol motifs (C(OH)–C–C–N with tert-alkyl or cyclic N) is 1. The number of amides is 7. The number of carbonyl (C=O) groups is 9. The van der Waals surface area contributed by atoms with E-state index in [1.54, 1.807) is 13.8 Å². The van der Waals surface area contributed by atoms with Crippen LogP contribution in [-0.2, 0) is 43.2 Å². The van der Waals surface area contributed by atoms with Gasteiger partial charge in [0.15, 0.2) is 0 Å². The standard InChI is InChI=1S/C27H44N8O12/c1-13(2)7-18(26(46)32-12-23(42)43)34-21(39)11-30-24(44)15(4-6-22(40)41)35-27(47)16(3-5-19(28)37)33-20(38)10-31-25(45)17-8-14(36)9-29-17/h13-18,29,36H,3-12H2,1-2H3,(H2,28,37)(H,30,44)(H,31,45)(H,32,46)(H,33,38)(H,34,39)(H,35,47)(H,40,41)(H,42,43)/t14-,15+,16+,17?,18+/m1/s1. The molecule has 0 aromatic rings. The summed E-state index contributed by atoms with van der Waals surface area (Å²) in [5.74, 6) is -8.48. The van der Waals surface area contributed by atoms with Gasteiger partial charge in [-0.3, -0.25) is 43.2 Å². The molecule has 0 radical (unpaired) electrons. The van der Waals surface area contributed by atoms with Crippen molar-refractivity contribution in [3.63, 3.8) is 0 Å². The van der Waals surface area contributed by atoms with Crippen LogP contribution in [0.25, 0.3) is 0 Å². The van der Waals surface area contributed by atoms with E-state index >= 15 is 0 Å². The van der Waals surface area contributed by atoms with Crippen molar-refractivity contribution >= 4 is 53.3 Å². The number of primary amides is 1. The van der Waals surface area contributed by atoms with E-state index in [-0.39, 0.29) is 38.1 Å². The van der Waals surface area contributed by atoms with Gasteiger partial charge in [0.1, 0.15) is 24.7 Å². The molecule has 20 heteroatoms. The number of carbonyl (C=O) groups excluding carboxylic acids is 7. The van der Waals surface area contributed by atoms with Crippen LogP contribution in [0.4, 0.5) is 0 Å². The second-order valence-electron chi connectivity index (χ2n) is 11.3. The lowest BCUT2D eigenvalue weighted by molar-refractivity contribution is -0.139. The molecule has 7 amide bonds. The Hall–Kier alpha value is -4.85. The lowest BCUT2D eigenvalue weighted by Crippen LogP contribution is -2.56. The zero-order valence-electron chi connectivity index (χ0n) is 26.1. The van der Waals surface area contributed by atoms with Gasteiger partial charge in [0.2, 0.25) is 41.4 Å². The minimum atomic E-state index is -1.52. The normalized spacial score (nSPS) is 17.4. The summed E-state index contributed by atoms with van der Waals surface area (Å²) < 4.78 is 0. The Morgan fingerprint density at radius 3 is 1.79 bits per heavy atom. The van der Waals surface area contributed by atoms with Crippen LogP contribution >= 0.6 is 0 Å². The zero-order valence-corrected chi connectivity index (χ0v) is 26.1. The quantitative estimate of drug-likeness (QED) is 0.0544. The van der Waals surface area contributed by atoms with Gasteiger partial charge in [-0.1, -0.05) is 13.8 Å². The maximum atomic E-state index is 13.1. The zero-order chi connectivity index (χ0) is 35.7. The van der Waals surface area contributed by atoms with Crippen molar-refractivity contribution < 1.29 is 58.5 Å². The highest BCUT2D eigenvalue weighted by Gasteiger charge is 2.30. The smallest absolute Gasteiger partial charge is 0.322 e. The van der Waals surface area contributed by atoms with Crippen molar-refractivity contribution in [3.8, 4) is 0 Å². The Morgan fingerprint density at radius 1 is 0.723 bits per heavy atom. The summed E-state index contributed by atoms with van der Waals surface area (Å²) in [5.41, 5.74) is 5.17. The van der Waals surface area contributed by atoms with E-state index in [0.29, 0.717) is 0 Å². The van der Waals surface area contributed by atoms with Gasteiger partial charge >= 0.3 is 11.9 Å². The lowest BCUT2D eigenvalue weighted by atomic mass is 10.0. The molecule has 0 aliphatic carbocycles. The molecule has 264 valence electrons. The summed E-state index contributed by atoms with van der Waals surface area (Å²) in [7, 11) is 0. The van der Waals surface area contributed by atoms with Crippen molar-refractivity contribution in [2.75, 3.05) is 26.2 Å². The minimum Gasteiger partial charge on any atom is -0.481 e. The molecule has 1 saturated heterocycles. The average molecular weight is 673 g/mol. The molecule has 1 rings (SSSR count). The first-order valence-corrected chi connectivity index (χ1v) is 14.8. The Labute approximate surface area is 269 Å². The van der Waals surface area contributed by atoms with Gasteiger partial charge in [0.25, 0.3) is 0 Å². The molecular weight excluding hydrogens is 628 g/mol. The summed E-state index contributed by atoms with van der Waals surface area (Å²) in [6, 6.07) is -4.81. The fourth-order valence-corrected chi connectivity index (χ4v) is 4.34. The summed E-state index contributed by atoms with van der Waals surface area (Å²) >= 11 is 0. The number of hydrogen-bond donors (Lipinski definition) is 11. The Morgan fingerprint density at radius 2 is 1.26 bits per heavy atom. The van der Waals surface area contributed by atoms with Crippen molar-refractivity contribution in [3.05, 3.63) is 0 Å². The van der Waals surface area contributed by atoms with Crippen LogP contribution in [0.1, 0.15) is 52.4 Å². The number of aliphatic hydroxyl groups is 1. The van der Waals surface area contributed by atoms with E-state index in [1.165, 1.54) is 0 Å². The lowest BCUT2D eigenvalue weighted by Gasteiger charge is -2.23. The number of aliphatic carboxylic acids is 2. The van der Waals surface area contributed by atoms with E-state index in [2.05, 4.69) is 37.2 Å². The van der Waals surface area contributed by atoms with Crippen molar-refractivity contribution in [2.45, 2.75) is 82.6 Å². The van der Waals surface area contributed by atoms with E-state index in [9.17, 15) is 48.3 Å². The third kappa shape index (κ3) is 16.9. The van der Waals surface area contributed by atoms with Crippen LogP contribution in [0.3, 0.4) is 0 Å². The Balaban J connectivity index is 2.89. The highest BCUT2D eigenvalue weighted by molar-refractivity contribution is 5.95. The molecule has 0 saturated carbocycles. The van der Waals surface area contributed by atoms with Gasteiger partial charge in [-0.05, 0) is 31.6 Å². The van der Waals surface area contributed by atoms with Crippen molar-refractivity contribution in [1.82, 2.24) is 37.2 Å². The first kappa shape index (κ1) is 40.2. The second-order valence-corrected chi connectivity index (χ2v) is 11.3. The van der Waals surface area contributed by atoms with E-state index in [1.807, 2.05) is 0 Å². The number of hydrogen-bond acceptors (Lipinski definition) is 11. The minimum absolute atomic E-state index is 0.0846. The molecule has 0 aromatic carbocycles. The number of carboxylic acid groups (broad SMARTS) is 2. The molecule has 0 aromatic heterocycles. The van der Waals surface area contributed by atoms with E-state index in [4.69, 9.17) is 15.9 Å². The molecule has 5 atom stereocenters. The van der Waals surface area contributed by atoms with Gasteiger partial charge in [-0.2, -0.15) is 0 Å². The van der Waals surface area contributed by atoms with Crippen LogP contribution in [0.2, 0.25) is 0 Å². The molecule has 1 aliphatic heterocycles. The molecular formula is C27H44N8O12. The first-order chi connectivity index (χ1) is 22.0. The summed E-state index contributed by atoms with van der Waals surface area (Å²) in [6.07, 6.45) is -2.13. The van der Waals surface area contributed by atoms with Crippen LogP contribution in [-0.4, -0.2) is 125 Å². The van der Waals surface area contributed by atoms with Gasteiger partial charge in [0.05, 0.1) is 25.2 Å². The van der Waals surface area contributed by atoms with Gasteiger partial charge in [-0.25, -0.2) is 0 Å². The number of nitrogens with two attached hydrogens (primary N) is 1. The number of aliphatic hydroxyl groups excluding tert-OH is 1. The molecule has 1 heterocycles. The molecule has 1 aliphatic rings. The summed E-state index contributed by atoms with van der Waals surface area (Å²) in [5, 5.41) is 44.0. The SMILES string of the molecule is CC(C)C[C@H](NC(=O)CNC(=O)[C@H](CCC(=O)O)NC(=O)[C@H](CCC(N)=O)NC(=O)CNC(=O)C1C[C@@H](O)CN1)C(=O)NCC(=O)O. The first-order valence-electron chi connectivity index (χ1n) is 14.8. The third-order valence-electron chi connectivity index (χ3n) is 6.65. The predicted molar refractivity (Wildman–Crippen MR) is 160 cm³/mol. The fourth-order valence-electron chi connectivity index (χ4n) is 4.34. The van der Waals surface area contributed by atoms with Crippen LogP contribution in [0, 0.1) is 5.92 Å². The predicted octanol–water partition coefficient (Wildman–Crippen LogP) is -5.23. The topological polar surface area (TPSA) is 325 Å². The Kier molecular flexibility index (Phi) is 17.4. The van der Waals surface area contributed by atoms with Crippen LogP contribution < -0.4 is 43.0 Å². The number of nitrogens with one attached hydrogen (secondary N) is 7. The van der Waals surface area contributed by atoms with Gasteiger partial charge in [-0.15, -0.1) is 0 Å². The van der Waals surface area contributed by atoms with E-state index < -0.39 is 116 Å². The molecule has 47 heavy (non-hydrogen) atoms. The summed E-state index contributed by atoms with van der Waals surface area (Å²) in [4.78, 5) is 109. The van der Waals surface area contributed by atoms with Crippen molar-refractivity contribution in [1.29, 1.82) is 0 Å². The highest BCUT2D eigenvalue weighted by atomic mass is 16.4. The third-order valence-corrected chi connectivity index (χ3v) is 6.65. The monoisotopic (exact) mass is 672 g/mol. The summed E-state index contributed by atoms with van der Waals surface area (Å²) in [6.45, 7) is 1.77. The molecule has 0 bridgehead atoms. The van der Waals surface area contributed by atoms with Gasteiger partial charge in [0, 0.05) is 19.4 Å². The molecule has 20 nitrogen and oxygen atoms in total. The second kappa shape index (κ2) is 20.3. The molecule has 1 fully saturated rings. The highest BCUT2D eigenvalue weighted by Crippen LogP contribution is 2.07. The molecule has 12 N–H and O–H groups in total. The van der Waals surface area contributed by atoms with Crippen LogP contribution in [0.5, 0.6) is 0 Å². The maximum Gasteiger partial charge on any atom is 0.322 e. The van der Waals surface area contributed by atoms with Crippen LogP contribution in [0.15, 0.2) is 0 Å². The van der Waals surface area contributed by atoms with Crippen molar-refractivity contribution in [2.24, 2.45) is 11.7 Å². The number of carboxylic acids is 2.